The Balaban J connectivity index is 1.62. The number of methoxy groups -OCH3 is 1. The molecule has 2 aromatic heterocycles. The number of rotatable bonds is 9. The van der Waals surface area contributed by atoms with Crippen LogP contribution in [0.1, 0.15) is 16.8 Å². The van der Waals surface area contributed by atoms with Gasteiger partial charge in [-0.25, -0.2) is 4.98 Å². The first-order chi connectivity index (χ1) is 15.1. The molecule has 0 atom stereocenters. The van der Waals surface area contributed by atoms with Crippen molar-refractivity contribution in [3.05, 3.63) is 90.3 Å². The first kappa shape index (κ1) is 20.7. The van der Waals surface area contributed by atoms with Crippen molar-refractivity contribution in [2.75, 3.05) is 26.1 Å². The van der Waals surface area contributed by atoms with Gasteiger partial charge in [-0.05, 0) is 49.5 Å². The van der Waals surface area contributed by atoms with Gasteiger partial charge in [-0.2, -0.15) is 4.98 Å². The molecule has 0 unspecified atom stereocenters. The van der Waals surface area contributed by atoms with E-state index in [1.54, 1.807) is 25.9 Å². The van der Waals surface area contributed by atoms with Crippen molar-refractivity contribution in [2.45, 2.75) is 19.6 Å². The molecule has 0 aliphatic rings. The van der Waals surface area contributed by atoms with Gasteiger partial charge in [0.15, 0.2) is 0 Å². The van der Waals surface area contributed by atoms with E-state index in [-0.39, 0.29) is 0 Å². The molecule has 0 N–H and O–H groups in total. The van der Waals surface area contributed by atoms with Crippen LogP contribution in [0.25, 0.3) is 5.69 Å². The first-order valence-electron chi connectivity index (χ1n) is 10.1. The van der Waals surface area contributed by atoms with E-state index in [1.807, 2.05) is 43.1 Å². The molecule has 160 valence electrons. The number of benzene rings is 2. The molecule has 0 aliphatic carbocycles. The topological polar surface area (TPSA) is 59.6 Å². The molecule has 0 saturated heterocycles. The fraction of sp³-hybridized carbons (Fsp3) is 0.250. The lowest BCUT2D eigenvalue weighted by atomic mass is 10.1. The second-order valence-corrected chi connectivity index (χ2v) is 7.71. The Kier molecular flexibility index (Phi) is 6.33. The van der Waals surface area contributed by atoms with Crippen LogP contribution in [-0.2, 0) is 19.6 Å². The third-order valence-corrected chi connectivity index (χ3v) is 4.88. The highest BCUT2D eigenvalue weighted by Crippen LogP contribution is 2.23. The molecule has 4 rings (SSSR count). The number of hydrogen-bond acceptors (Lipinski definition) is 6. The Hall–Kier alpha value is -3.58. The van der Waals surface area contributed by atoms with Crippen LogP contribution in [0.2, 0.25) is 0 Å². The number of hydrogen-bond donors (Lipinski definition) is 0. The number of nitrogens with zero attached hydrogens (tertiary/aromatic N) is 5. The van der Waals surface area contributed by atoms with Gasteiger partial charge in [0.2, 0.25) is 0 Å². The highest BCUT2D eigenvalue weighted by molar-refractivity contribution is 5.40. The van der Waals surface area contributed by atoms with Gasteiger partial charge in [0, 0.05) is 37.7 Å². The maximum atomic E-state index is 5.87. The SMILES string of the molecule is COc1cccc(CN(Cc2cccc(-n3ccnc3)c2)c2nc(CN(C)C)co2)c1. The van der Waals surface area contributed by atoms with Gasteiger partial charge >= 0.3 is 0 Å². The zero-order chi connectivity index (χ0) is 21.6. The lowest BCUT2D eigenvalue weighted by Crippen LogP contribution is -2.23. The molecule has 4 aromatic rings. The Morgan fingerprint density at radius 1 is 1.00 bits per heavy atom. The Morgan fingerprint density at radius 2 is 1.77 bits per heavy atom. The maximum absolute atomic E-state index is 5.87. The zero-order valence-corrected chi connectivity index (χ0v) is 18.1. The van der Waals surface area contributed by atoms with Crippen LogP contribution in [0.3, 0.4) is 0 Å². The molecule has 7 nitrogen and oxygen atoms in total. The van der Waals surface area contributed by atoms with E-state index in [1.165, 1.54) is 0 Å². The Morgan fingerprint density at radius 3 is 2.48 bits per heavy atom. The van der Waals surface area contributed by atoms with Crippen molar-refractivity contribution >= 4 is 6.01 Å². The molecule has 2 heterocycles. The molecule has 0 fully saturated rings. The minimum atomic E-state index is 0.604. The summed E-state index contributed by atoms with van der Waals surface area (Å²) < 4.78 is 13.3. The van der Waals surface area contributed by atoms with Gasteiger partial charge < -0.3 is 23.5 Å². The second kappa shape index (κ2) is 9.49. The zero-order valence-electron chi connectivity index (χ0n) is 18.1. The van der Waals surface area contributed by atoms with Gasteiger partial charge in [0.05, 0.1) is 19.1 Å². The molecule has 0 saturated carbocycles. The van der Waals surface area contributed by atoms with Crippen LogP contribution in [0, 0.1) is 0 Å². The summed E-state index contributed by atoms with van der Waals surface area (Å²) in [5.41, 5.74) is 4.25. The van der Waals surface area contributed by atoms with E-state index in [4.69, 9.17) is 14.1 Å². The molecule has 0 bridgehead atoms. The summed E-state index contributed by atoms with van der Waals surface area (Å²) in [6, 6.07) is 17.1. The predicted octanol–water partition coefficient (Wildman–Crippen LogP) is 4.14. The third kappa shape index (κ3) is 5.32. The predicted molar refractivity (Wildman–Crippen MR) is 120 cm³/mol. The van der Waals surface area contributed by atoms with Crippen molar-refractivity contribution in [1.82, 2.24) is 19.4 Å². The number of imidazole rings is 1. The fourth-order valence-electron chi connectivity index (χ4n) is 3.47. The van der Waals surface area contributed by atoms with E-state index in [9.17, 15) is 0 Å². The number of aromatic nitrogens is 3. The monoisotopic (exact) mass is 417 g/mol. The average Bonchev–Trinajstić information content (AvgIpc) is 3.46. The van der Waals surface area contributed by atoms with Gasteiger partial charge in [0.1, 0.15) is 12.0 Å². The molecule has 7 heteroatoms. The van der Waals surface area contributed by atoms with Crippen LogP contribution in [0.5, 0.6) is 5.75 Å². The van der Waals surface area contributed by atoms with Gasteiger partial charge in [-0.1, -0.05) is 24.3 Å². The van der Waals surface area contributed by atoms with E-state index in [0.29, 0.717) is 19.1 Å². The quantitative estimate of drug-likeness (QED) is 0.408. The third-order valence-electron chi connectivity index (χ3n) is 4.88. The lowest BCUT2D eigenvalue weighted by molar-refractivity contribution is 0.396. The van der Waals surface area contributed by atoms with Crippen molar-refractivity contribution in [3.63, 3.8) is 0 Å². The van der Waals surface area contributed by atoms with Crippen LogP contribution in [0.15, 0.2) is 77.9 Å². The van der Waals surface area contributed by atoms with E-state index < -0.39 is 0 Å². The summed E-state index contributed by atoms with van der Waals surface area (Å²) >= 11 is 0. The summed E-state index contributed by atoms with van der Waals surface area (Å²) in [5, 5.41) is 0. The lowest BCUT2D eigenvalue weighted by Gasteiger charge is -2.21. The highest BCUT2D eigenvalue weighted by Gasteiger charge is 2.16. The smallest absolute Gasteiger partial charge is 0.298 e. The molecular weight excluding hydrogens is 390 g/mol. The Labute approximate surface area is 182 Å². The summed E-state index contributed by atoms with van der Waals surface area (Å²) in [4.78, 5) is 13.1. The van der Waals surface area contributed by atoms with Crippen LogP contribution < -0.4 is 9.64 Å². The largest absolute Gasteiger partial charge is 0.497 e. The number of anilines is 1. The summed E-state index contributed by atoms with van der Waals surface area (Å²) in [5.74, 6) is 0.834. The van der Waals surface area contributed by atoms with Gasteiger partial charge in [0.25, 0.3) is 6.01 Å². The van der Waals surface area contributed by atoms with Gasteiger partial charge in [-0.15, -0.1) is 0 Å². The minimum Gasteiger partial charge on any atom is -0.497 e. The molecule has 2 aromatic carbocycles. The van der Waals surface area contributed by atoms with Gasteiger partial charge in [-0.3, -0.25) is 0 Å². The normalized spacial score (nSPS) is 11.1. The number of oxazole rings is 1. The van der Waals surface area contributed by atoms with Crippen molar-refractivity contribution in [1.29, 1.82) is 0 Å². The van der Waals surface area contributed by atoms with Crippen LogP contribution in [-0.4, -0.2) is 40.6 Å². The van der Waals surface area contributed by atoms with E-state index >= 15 is 0 Å². The molecular formula is C24H27N5O2. The van der Waals surface area contributed by atoms with E-state index in [0.717, 1.165) is 34.8 Å². The second-order valence-electron chi connectivity index (χ2n) is 7.71. The van der Waals surface area contributed by atoms with Crippen LogP contribution >= 0.6 is 0 Å². The molecule has 0 aliphatic heterocycles. The van der Waals surface area contributed by atoms with Crippen molar-refractivity contribution < 1.29 is 9.15 Å². The molecule has 0 amide bonds. The van der Waals surface area contributed by atoms with Crippen molar-refractivity contribution in [3.8, 4) is 11.4 Å². The molecule has 0 radical (unpaired) electrons. The van der Waals surface area contributed by atoms with Crippen LogP contribution in [0.4, 0.5) is 6.01 Å². The Bertz CT molecular complexity index is 1100. The minimum absolute atomic E-state index is 0.604. The van der Waals surface area contributed by atoms with E-state index in [2.05, 4.69) is 45.1 Å². The fourth-order valence-corrected chi connectivity index (χ4v) is 3.47. The summed E-state index contributed by atoms with van der Waals surface area (Å²) in [6.07, 6.45) is 7.25. The maximum Gasteiger partial charge on any atom is 0.298 e. The first-order valence-corrected chi connectivity index (χ1v) is 10.1. The summed E-state index contributed by atoms with van der Waals surface area (Å²) in [7, 11) is 5.72. The summed E-state index contributed by atoms with van der Waals surface area (Å²) in [6.45, 7) is 2.03. The average molecular weight is 418 g/mol. The molecule has 31 heavy (non-hydrogen) atoms. The molecule has 0 spiro atoms. The number of ether oxygens (including phenoxy) is 1. The standard InChI is InChI=1S/C24H27N5O2/c1-27(2)16-21-17-31-24(26-21)29(15-20-7-5-9-23(13-20)30-3)14-19-6-4-8-22(12-19)28-11-10-25-18-28/h4-13,17-18H,14-16H2,1-3H3. The van der Waals surface area contributed by atoms with Crippen molar-refractivity contribution in [2.24, 2.45) is 0 Å². The highest BCUT2D eigenvalue weighted by atomic mass is 16.5.